The molecule has 0 amide bonds. The minimum Gasteiger partial charge on any atom is -0.296 e. The third kappa shape index (κ3) is 3.99. The van der Waals surface area contributed by atoms with Crippen molar-refractivity contribution in [1.82, 2.24) is 24.6 Å². The lowest BCUT2D eigenvalue weighted by molar-refractivity contribution is 0.103. The molecule has 6 nitrogen and oxygen atoms in total. The molecule has 3 aromatic rings. The van der Waals surface area contributed by atoms with Gasteiger partial charge < -0.3 is 0 Å². The van der Waals surface area contributed by atoms with Gasteiger partial charge in [-0.25, -0.2) is 0 Å². The molecule has 0 radical (unpaired) electrons. The van der Waals surface area contributed by atoms with Crippen LogP contribution in [0.3, 0.4) is 0 Å². The number of carbonyl (C=O) groups is 1. The fourth-order valence-electron chi connectivity index (χ4n) is 3.42. The summed E-state index contributed by atoms with van der Waals surface area (Å²) in [5.74, 6) is 0.721. The summed E-state index contributed by atoms with van der Waals surface area (Å²) in [6.45, 7) is 2.88. The minimum atomic E-state index is -0.121. The first kappa shape index (κ1) is 18.0. The largest absolute Gasteiger partial charge is 0.296 e. The Morgan fingerprint density at radius 2 is 1.96 bits per heavy atom. The molecule has 1 saturated heterocycles. The van der Waals surface area contributed by atoms with Gasteiger partial charge in [0.2, 0.25) is 5.78 Å². The van der Waals surface area contributed by atoms with Crippen LogP contribution in [0.2, 0.25) is 0 Å². The average molecular weight is 426 g/mol. The van der Waals surface area contributed by atoms with Gasteiger partial charge in [0.1, 0.15) is 12.0 Å². The number of benzene rings is 1. The zero-order chi connectivity index (χ0) is 18.6. The Hall–Kier alpha value is -2.38. The zero-order valence-electron chi connectivity index (χ0n) is 14.9. The van der Waals surface area contributed by atoms with Crippen LogP contribution in [0.25, 0.3) is 5.69 Å². The van der Waals surface area contributed by atoms with Crippen molar-refractivity contribution >= 4 is 21.7 Å². The molecule has 1 aromatic carbocycles. The van der Waals surface area contributed by atoms with E-state index in [1.54, 1.807) is 24.7 Å². The van der Waals surface area contributed by atoms with E-state index in [-0.39, 0.29) is 5.78 Å². The van der Waals surface area contributed by atoms with Crippen molar-refractivity contribution in [3.8, 4) is 5.69 Å². The van der Waals surface area contributed by atoms with Gasteiger partial charge in [-0.1, -0.05) is 28.4 Å². The number of aromatic nitrogens is 4. The molecule has 0 spiro atoms. The molecule has 0 N–H and O–H groups in total. The number of likely N-dealkylation sites (tertiary alicyclic amines) is 1. The maximum absolute atomic E-state index is 13.1. The van der Waals surface area contributed by atoms with Crippen molar-refractivity contribution in [1.29, 1.82) is 0 Å². The molecular weight excluding hydrogens is 406 g/mol. The summed E-state index contributed by atoms with van der Waals surface area (Å²) in [5.41, 5.74) is 1.76. The summed E-state index contributed by atoms with van der Waals surface area (Å²) in [6.07, 6.45) is 7.04. The first-order valence-corrected chi connectivity index (χ1v) is 9.88. The number of nitrogens with zero attached hydrogens (tertiary/aromatic N) is 5. The number of pyridine rings is 1. The van der Waals surface area contributed by atoms with Gasteiger partial charge in [-0.05, 0) is 56.3 Å². The standard InChI is InChI=1S/C20H20BrN5O/c21-15-7-8-18(16(12-15)20(27)17-6-2-3-9-22-17)26-14-23-24-19(26)13-25-10-4-1-5-11-25/h2-3,6-9,12,14H,1,4-5,10-11,13H2. The van der Waals surface area contributed by atoms with Crippen LogP contribution in [0.15, 0.2) is 53.4 Å². The van der Waals surface area contributed by atoms with Gasteiger partial charge >= 0.3 is 0 Å². The molecule has 0 bridgehead atoms. The fourth-order valence-corrected chi connectivity index (χ4v) is 3.78. The Labute approximate surface area is 166 Å². The second-order valence-electron chi connectivity index (χ2n) is 6.66. The van der Waals surface area contributed by atoms with Crippen LogP contribution in [0, 0.1) is 0 Å². The van der Waals surface area contributed by atoms with E-state index in [4.69, 9.17) is 0 Å². The van der Waals surface area contributed by atoms with E-state index in [2.05, 4.69) is 36.0 Å². The summed E-state index contributed by atoms with van der Waals surface area (Å²) in [4.78, 5) is 19.7. The van der Waals surface area contributed by atoms with Crippen molar-refractivity contribution in [2.24, 2.45) is 0 Å². The third-order valence-corrected chi connectivity index (χ3v) is 5.29. The van der Waals surface area contributed by atoms with Crippen LogP contribution >= 0.6 is 15.9 Å². The minimum absolute atomic E-state index is 0.121. The van der Waals surface area contributed by atoms with E-state index in [9.17, 15) is 4.79 Å². The lowest BCUT2D eigenvalue weighted by Gasteiger charge is -2.26. The lowest BCUT2D eigenvalue weighted by atomic mass is 10.1. The Morgan fingerprint density at radius 3 is 2.74 bits per heavy atom. The summed E-state index contributed by atoms with van der Waals surface area (Å²) in [6, 6.07) is 11.0. The van der Waals surface area contributed by atoms with Crippen molar-refractivity contribution in [2.45, 2.75) is 25.8 Å². The molecule has 7 heteroatoms. The monoisotopic (exact) mass is 425 g/mol. The molecule has 0 aliphatic carbocycles. The number of rotatable bonds is 5. The predicted octanol–water partition coefficient (Wildman–Crippen LogP) is 3.64. The predicted molar refractivity (Wildman–Crippen MR) is 106 cm³/mol. The summed E-state index contributed by atoms with van der Waals surface area (Å²) in [7, 11) is 0. The van der Waals surface area contributed by atoms with E-state index >= 15 is 0 Å². The second-order valence-corrected chi connectivity index (χ2v) is 7.58. The van der Waals surface area contributed by atoms with E-state index in [0.29, 0.717) is 11.3 Å². The fraction of sp³-hybridized carbons (Fsp3) is 0.300. The molecule has 27 heavy (non-hydrogen) atoms. The van der Waals surface area contributed by atoms with Gasteiger partial charge in [0.25, 0.3) is 0 Å². The SMILES string of the molecule is O=C(c1ccccn1)c1cc(Br)ccc1-n1cnnc1CN1CCCCC1. The van der Waals surface area contributed by atoms with Gasteiger partial charge in [-0.3, -0.25) is 19.2 Å². The van der Waals surface area contributed by atoms with E-state index in [0.717, 1.165) is 35.6 Å². The van der Waals surface area contributed by atoms with E-state index in [1.807, 2.05) is 28.8 Å². The molecule has 0 atom stereocenters. The molecule has 4 rings (SSSR count). The maximum Gasteiger partial charge on any atom is 0.213 e. The van der Waals surface area contributed by atoms with Crippen LogP contribution in [-0.2, 0) is 6.54 Å². The Morgan fingerprint density at radius 1 is 1.11 bits per heavy atom. The third-order valence-electron chi connectivity index (χ3n) is 4.79. The number of carbonyl (C=O) groups excluding carboxylic acids is 1. The maximum atomic E-state index is 13.1. The van der Waals surface area contributed by atoms with Crippen molar-refractivity contribution in [3.05, 3.63) is 70.5 Å². The van der Waals surface area contributed by atoms with Crippen LogP contribution in [0.1, 0.15) is 41.1 Å². The molecular formula is C20H20BrN5O. The average Bonchev–Trinajstić information content (AvgIpc) is 3.16. The zero-order valence-corrected chi connectivity index (χ0v) is 16.5. The summed E-state index contributed by atoms with van der Waals surface area (Å²) < 4.78 is 2.76. The first-order chi connectivity index (χ1) is 13.2. The van der Waals surface area contributed by atoms with Gasteiger partial charge in [0.05, 0.1) is 12.2 Å². The number of hydrogen-bond acceptors (Lipinski definition) is 5. The molecule has 1 aliphatic heterocycles. The lowest BCUT2D eigenvalue weighted by Crippen LogP contribution is -2.30. The van der Waals surface area contributed by atoms with Crippen LogP contribution < -0.4 is 0 Å². The first-order valence-electron chi connectivity index (χ1n) is 9.09. The van der Waals surface area contributed by atoms with Gasteiger partial charge in [0, 0.05) is 16.2 Å². The molecule has 3 heterocycles. The second kappa shape index (κ2) is 8.10. The highest BCUT2D eigenvalue weighted by Gasteiger charge is 2.20. The van der Waals surface area contributed by atoms with Crippen molar-refractivity contribution < 1.29 is 4.79 Å². The van der Waals surface area contributed by atoms with Gasteiger partial charge in [-0.15, -0.1) is 10.2 Å². The molecule has 1 fully saturated rings. The van der Waals surface area contributed by atoms with Gasteiger partial charge in [-0.2, -0.15) is 0 Å². The molecule has 1 aliphatic rings. The Bertz CT molecular complexity index is 935. The van der Waals surface area contributed by atoms with Crippen LogP contribution in [-0.4, -0.2) is 43.5 Å². The highest BCUT2D eigenvalue weighted by atomic mass is 79.9. The van der Waals surface area contributed by atoms with Crippen LogP contribution in [0.4, 0.5) is 0 Å². The summed E-state index contributed by atoms with van der Waals surface area (Å²) in [5, 5.41) is 8.42. The quantitative estimate of drug-likeness (QED) is 0.583. The van der Waals surface area contributed by atoms with Gasteiger partial charge in [0.15, 0.2) is 5.82 Å². The molecule has 2 aromatic heterocycles. The topological polar surface area (TPSA) is 63.9 Å². The molecule has 0 saturated carbocycles. The van der Waals surface area contributed by atoms with Crippen LogP contribution in [0.5, 0.6) is 0 Å². The van der Waals surface area contributed by atoms with E-state index in [1.165, 1.54) is 19.3 Å². The number of hydrogen-bond donors (Lipinski definition) is 0. The molecule has 0 unspecified atom stereocenters. The Kier molecular flexibility index (Phi) is 5.40. The summed E-state index contributed by atoms with van der Waals surface area (Å²) >= 11 is 3.48. The van der Waals surface area contributed by atoms with E-state index < -0.39 is 0 Å². The smallest absolute Gasteiger partial charge is 0.213 e. The van der Waals surface area contributed by atoms with Crippen molar-refractivity contribution in [2.75, 3.05) is 13.1 Å². The highest BCUT2D eigenvalue weighted by molar-refractivity contribution is 9.10. The molecule has 138 valence electrons. The normalized spacial score (nSPS) is 15.0. The number of halogens is 1. The van der Waals surface area contributed by atoms with Crippen molar-refractivity contribution in [3.63, 3.8) is 0 Å². The Balaban J connectivity index is 1.71. The number of ketones is 1. The highest BCUT2D eigenvalue weighted by Crippen LogP contribution is 2.24. The number of piperidine rings is 1.